The summed E-state index contributed by atoms with van der Waals surface area (Å²) in [7, 11) is -0.846. The van der Waals surface area contributed by atoms with Gasteiger partial charge in [-0.15, -0.1) is 0 Å². The van der Waals surface area contributed by atoms with Crippen LogP contribution in [0.4, 0.5) is 13.2 Å². The second kappa shape index (κ2) is 14.3. The van der Waals surface area contributed by atoms with Crippen LogP contribution in [0, 0.1) is 5.82 Å². The Bertz CT molecular complexity index is 1920. The monoisotopic (exact) mass is 694 g/mol. The first-order valence-electron chi connectivity index (χ1n) is 16.0. The number of hydrogen-bond donors (Lipinski definition) is 1. The lowest BCUT2D eigenvalue weighted by molar-refractivity contribution is -0.248. The molecule has 1 aliphatic heterocycles. The number of aromatic nitrogens is 2. The Morgan fingerprint density at radius 3 is 2.35 bits per heavy atom. The third-order valence-electron chi connectivity index (χ3n) is 9.35. The molecule has 0 saturated carbocycles. The molecule has 0 radical (unpaired) electrons. The zero-order chi connectivity index (χ0) is 35.6. The maximum absolute atomic E-state index is 18.1. The van der Waals surface area contributed by atoms with Gasteiger partial charge in [0, 0.05) is 17.5 Å². The number of alkyl halides is 1. The fourth-order valence-corrected chi connectivity index (χ4v) is 6.48. The number of rotatable bonds is 11. The molecule has 3 atom stereocenters. The lowest BCUT2D eigenvalue weighted by Gasteiger charge is -2.37. The summed E-state index contributed by atoms with van der Waals surface area (Å²) in [4.78, 5) is 26.0. The number of benzene rings is 3. The molecular weight excluding hydrogens is 653 g/mol. The minimum Gasteiger partial charge on any atom is -0.497 e. The van der Waals surface area contributed by atoms with Crippen molar-refractivity contribution in [1.82, 2.24) is 9.55 Å². The van der Waals surface area contributed by atoms with Crippen LogP contribution in [0.1, 0.15) is 62.1 Å². The van der Waals surface area contributed by atoms with Crippen molar-refractivity contribution >= 4 is 14.4 Å². The van der Waals surface area contributed by atoms with Gasteiger partial charge in [-0.05, 0) is 65.0 Å². The molecule has 3 unspecified atom stereocenters. The standard InChI is InChI=1S/C37H41F3N2O6Si/c1-36(2,3)49(5,6)46-23-29-28(20-21-38)27(24-12-14-26(45-4)15-13-24)16-17-30(29)37(40,25-10-8-7-9-11-25)48-33-19-18-32(47-33)42-22-31(39)34(43)41-35(42)44/h7-17,20-22,32-33H,18-19,23H2,1-6H3,(H,41,43,44)/b21-20-. The van der Waals surface area contributed by atoms with E-state index >= 15 is 4.39 Å². The van der Waals surface area contributed by atoms with E-state index in [1.54, 1.807) is 61.7 Å². The smallest absolute Gasteiger partial charge is 0.330 e. The third kappa shape index (κ3) is 7.52. The van der Waals surface area contributed by atoms with Crippen LogP contribution in [0.15, 0.2) is 88.8 Å². The van der Waals surface area contributed by atoms with Crippen LogP contribution in [0.3, 0.4) is 0 Å². The summed E-state index contributed by atoms with van der Waals surface area (Å²) >= 11 is 0. The largest absolute Gasteiger partial charge is 0.497 e. The fraction of sp³-hybridized carbons (Fsp3) is 0.351. The fourth-order valence-electron chi connectivity index (χ4n) is 5.54. The predicted octanol–water partition coefficient (Wildman–Crippen LogP) is 8.34. The van der Waals surface area contributed by atoms with Gasteiger partial charge in [0.05, 0.1) is 26.2 Å². The Labute approximate surface area is 284 Å². The quantitative estimate of drug-likeness (QED) is 0.159. The van der Waals surface area contributed by atoms with Crippen LogP contribution >= 0.6 is 0 Å². The van der Waals surface area contributed by atoms with Gasteiger partial charge in [0.25, 0.3) is 11.4 Å². The number of ether oxygens (including phenoxy) is 3. The average Bonchev–Trinajstić information content (AvgIpc) is 3.53. The van der Waals surface area contributed by atoms with E-state index in [0.29, 0.717) is 28.8 Å². The summed E-state index contributed by atoms with van der Waals surface area (Å²) < 4.78 is 71.5. The van der Waals surface area contributed by atoms with E-state index < -0.39 is 43.8 Å². The van der Waals surface area contributed by atoms with Crippen molar-refractivity contribution in [3.8, 4) is 16.9 Å². The van der Waals surface area contributed by atoms with Gasteiger partial charge >= 0.3 is 5.69 Å². The maximum Gasteiger partial charge on any atom is 0.330 e. The molecule has 1 fully saturated rings. The molecule has 1 aromatic heterocycles. The molecule has 0 aliphatic carbocycles. The van der Waals surface area contributed by atoms with Gasteiger partial charge in [0.1, 0.15) is 12.0 Å². The van der Waals surface area contributed by atoms with Crippen molar-refractivity contribution in [2.45, 2.75) is 76.7 Å². The zero-order valence-corrected chi connectivity index (χ0v) is 29.4. The number of H-pyrrole nitrogens is 1. The molecule has 260 valence electrons. The van der Waals surface area contributed by atoms with Crippen molar-refractivity contribution in [3.05, 3.63) is 128 Å². The van der Waals surface area contributed by atoms with Crippen LogP contribution in [0.25, 0.3) is 17.2 Å². The van der Waals surface area contributed by atoms with Gasteiger partial charge in [-0.25, -0.2) is 13.6 Å². The molecule has 1 N–H and O–H groups in total. The van der Waals surface area contributed by atoms with Gasteiger partial charge in [-0.2, -0.15) is 4.39 Å². The first kappa shape index (κ1) is 36.1. The minimum absolute atomic E-state index is 0.0441. The van der Waals surface area contributed by atoms with E-state index in [0.717, 1.165) is 16.3 Å². The number of hydrogen-bond acceptors (Lipinski definition) is 6. The van der Waals surface area contributed by atoms with Gasteiger partial charge in [-0.3, -0.25) is 14.3 Å². The van der Waals surface area contributed by atoms with E-state index in [1.807, 2.05) is 17.1 Å². The van der Waals surface area contributed by atoms with E-state index in [1.165, 1.54) is 6.08 Å². The first-order valence-corrected chi connectivity index (χ1v) is 18.9. The number of halogens is 3. The predicted molar refractivity (Wildman–Crippen MR) is 184 cm³/mol. The highest BCUT2D eigenvalue weighted by atomic mass is 28.4. The Morgan fingerprint density at radius 1 is 1.02 bits per heavy atom. The Hall–Kier alpha value is -4.23. The van der Waals surface area contributed by atoms with Crippen LogP contribution in [-0.4, -0.2) is 31.3 Å². The highest BCUT2D eigenvalue weighted by Crippen LogP contribution is 2.45. The molecule has 1 saturated heterocycles. The van der Waals surface area contributed by atoms with E-state index in [-0.39, 0.29) is 35.6 Å². The molecule has 0 spiro atoms. The molecule has 1 aliphatic rings. The first-order chi connectivity index (χ1) is 23.2. The lowest BCUT2D eigenvalue weighted by Crippen LogP contribution is -2.41. The third-order valence-corrected chi connectivity index (χ3v) is 13.8. The molecule has 8 nitrogen and oxygen atoms in total. The summed E-state index contributed by atoms with van der Waals surface area (Å²) in [6.45, 7) is 10.4. The van der Waals surface area contributed by atoms with Gasteiger partial charge in [0.15, 0.2) is 14.6 Å². The Balaban J connectivity index is 1.65. The van der Waals surface area contributed by atoms with Gasteiger partial charge < -0.3 is 18.6 Å². The summed E-state index contributed by atoms with van der Waals surface area (Å²) in [6.07, 6.45) is 0.579. The van der Waals surface area contributed by atoms with Gasteiger partial charge in [0.2, 0.25) is 5.82 Å². The van der Waals surface area contributed by atoms with E-state index in [9.17, 15) is 18.4 Å². The van der Waals surface area contributed by atoms with Crippen molar-refractivity contribution < 1.29 is 31.8 Å². The second-order valence-electron chi connectivity index (χ2n) is 13.4. The lowest BCUT2D eigenvalue weighted by atomic mass is 9.87. The molecular formula is C37H41F3N2O6Si. The van der Waals surface area contributed by atoms with Crippen molar-refractivity contribution in [3.63, 3.8) is 0 Å². The van der Waals surface area contributed by atoms with Gasteiger partial charge in [-0.1, -0.05) is 75.4 Å². The van der Waals surface area contributed by atoms with Crippen molar-refractivity contribution in [1.29, 1.82) is 0 Å². The second-order valence-corrected chi connectivity index (χ2v) is 18.3. The molecule has 12 heteroatoms. The number of methoxy groups -OCH3 is 1. The summed E-state index contributed by atoms with van der Waals surface area (Å²) in [5.74, 6) is -3.16. The molecule has 0 amide bonds. The van der Waals surface area contributed by atoms with Crippen LogP contribution < -0.4 is 16.0 Å². The highest BCUT2D eigenvalue weighted by molar-refractivity contribution is 6.74. The average molecular weight is 695 g/mol. The molecule has 2 heterocycles. The van der Waals surface area contributed by atoms with Crippen LogP contribution in [0.5, 0.6) is 5.75 Å². The molecule has 3 aromatic carbocycles. The Morgan fingerprint density at radius 2 is 1.71 bits per heavy atom. The SMILES string of the molecule is COc1ccc(-c2ccc(C(F)(OC3CCC(n4cc(F)c(=O)[nH]c4=O)O3)c3ccccc3)c(CO[Si](C)(C)C(C)(C)C)c2/C=C\F)cc1. The Kier molecular flexibility index (Phi) is 10.5. The topological polar surface area (TPSA) is 91.8 Å². The maximum atomic E-state index is 18.1. The molecule has 5 rings (SSSR count). The summed E-state index contributed by atoms with van der Waals surface area (Å²) in [6, 6.07) is 18.8. The summed E-state index contributed by atoms with van der Waals surface area (Å²) in [5, 5.41) is -0.175. The van der Waals surface area contributed by atoms with Crippen LogP contribution in [-0.2, 0) is 26.4 Å². The number of aromatic amines is 1. The molecule has 0 bridgehead atoms. The molecule has 4 aromatic rings. The molecule has 49 heavy (non-hydrogen) atoms. The normalized spacial score (nSPS) is 18.1. The van der Waals surface area contributed by atoms with Crippen molar-refractivity contribution in [2.24, 2.45) is 0 Å². The van der Waals surface area contributed by atoms with Crippen LogP contribution in [0.2, 0.25) is 18.1 Å². The number of nitrogens with one attached hydrogen (secondary N) is 1. The number of nitrogens with zero attached hydrogens (tertiary/aromatic N) is 1. The minimum atomic E-state index is -2.65. The highest BCUT2D eigenvalue weighted by Gasteiger charge is 2.44. The zero-order valence-electron chi connectivity index (χ0n) is 28.4. The summed E-state index contributed by atoms with van der Waals surface area (Å²) in [5.41, 5.74) is 0.395. The van der Waals surface area contributed by atoms with E-state index in [4.69, 9.17) is 18.6 Å². The van der Waals surface area contributed by atoms with Crippen molar-refractivity contribution in [2.75, 3.05) is 7.11 Å². The van der Waals surface area contributed by atoms with E-state index in [2.05, 4.69) is 33.9 Å².